The molecule has 1 aromatic carbocycles. The van der Waals surface area contributed by atoms with Crippen molar-refractivity contribution in [3.8, 4) is 0 Å². The Balaban J connectivity index is 1.72. The fourth-order valence-corrected chi connectivity index (χ4v) is 2.98. The number of anilines is 1. The quantitative estimate of drug-likeness (QED) is 0.787. The van der Waals surface area contributed by atoms with Crippen molar-refractivity contribution in [1.82, 2.24) is 9.97 Å². The predicted molar refractivity (Wildman–Crippen MR) is 85.5 cm³/mol. The third kappa shape index (κ3) is 2.80. The number of para-hydroxylation sites is 1. The summed E-state index contributed by atoms with van der Waals surface area (Å²) in [5, 5.41) is 7.87. The summed E-state index contributed by atoms with van der Waals surface area (Å²) in [7, 11) is 0. The van der Waals surface area contributed by atoms with Gasteiger partial charge in [0.2, 0.25) is 0 Å². The lowest BCUT2D eigenvalue weighted by molar-refractivity contribution is 0.977. The predicted octanol–water partition coefficient (Wildman–Crippen LogP) is 3.96. The molecule has 0 aliphatic heterocycles. The van der Waals surface area contributed by atoms with Gasteiger partial charge >= 0.3 is 0 Å². The van der Waals surface area contributed by atoms with E-state index in [1.54, 1.807) is 11.3 Å². The average molecular weight is 283 g/mol. The first kappa shape index (κ1) is 13.1. The van der Waals surface area contributed by atoms with E-state index < -0.39 is 0 Å². The Morgan fingerprint density at radius 3 is 2.80 bits per heavy atom. The monoisotopic (exact) mass is 283 g/mol. The molecule has 0 atom stereocenters. The van der Waals surface area contributed by atoms with Gasteiger partial charge < -0.3 is 5.32 Å². The second-order valence-electron chi connectivity index (χ2n) is 4.91. The van der Waals surface area contributed by atoms with Crippen LogP contribution in [0, 0.1) is 13.8 Å². The van der Waals surface area contributed by atoms with Gasteiger partial charge in [0, 0.05) is 29.4 Å². The van der Waals surface area contributed by atoms with Crippen molar-refractivity contribution in [2.75, 3.05) is 11.9 Å². The fourth-order valence-electron chi connectivity index (χ4n) is 2.21. The molecule has 0 bridgehead atoms. The standard InChI is InChI=1S/C16H17N3S/c1-11-9-13-5-3-4-6-14(13)19-16(11)17-8-7-15-18-12(2)10-20-15/h3-6,9-10H,7-8H2,1-2H3,(H,17,19). The molecular weight excluding hydrogens is 266 g/mol. The number of benzene rings is 1. The summed E-state index contributed by atoms with van der Waals surface area (Å²) in [5.74, 6) is 0.969. The minimum Gasteiger partial charge on any atom is -0.369 e. The van der Waals surface area contributed by atoms with E-state index in [9.17, 15) is 0 Å². The number of nitrogens with one attached hydrogen (secondary N) is 1. The Labute approximate surface area is 122 Å². The number of thiazole rings is 1. The van der Waals surface area contributed by atoms with E-state index in [1.165, 1.54) is 16.0 Å². The van der Waals surface area contributed by atoms with Gasteiger partial charge in [-0.15, -0.1) is 11.3 Å². The van der Waals surface area contributed by atoms with Gasteiger partial charge in [-0.1, -0.05) is 18.2 Å². The highest BCUT2D eigenvalue weighted by atomic mass is 32.1. The van der Waals surface area contributed by atoms with Crippen LogP contribution in [-0.2, 0) is 6.42 Å². The molecule has 20 heavy (non-hydrogen) atoms. The van der Waals surface area contributed by atoms with E-state index in [2.05, 4.69) is 39.7 Å². The molecule has 3 aromatic rings. The first-order valence-corrected chi connectivity index (χ1v) is 7.61. The lowest BCUT2D eigenvalue weighted by atomic mass is 10.1. The second kappa shape index (κ2) is 5.59. The van der Waals surface area contributed by atoms with Gasteiger partial charge in [0.1, 0.15) is 5.82 Å². The zero-order chi connectivity index (χ0) is 13.9. The molecule has 1 N–H and O–H groups in total. The third-order valence-electron chi connectivity index (χ3n) is 3.21. The van der Waals surface area contributed by atoms with Crippen LogP contribution in [0.3, 0.4) is 0 Å². The lowest BCUT2D eigenvalue weighted by Gasteiger charge is -2.09. The Morgan fingerprint density at radius 2 is 2.00 bits per heavy atom. The maximum atomic E-state index is 4.68. The summed E-state index contributed by atoms with van der Waals surface area (Å²) in [6, 6.07) is 10.4. The van der Waals surface area contributed by atoms with Crippen molar-refractivity contribution in [2.45, 2.75) is 20.3 Å². The molecule has 0 fully saturated rings. The van der Waals surface area contributed by atoms with Crippen molar-refractivity contribution >= 4 is 28.1 Å². The number of aryl methyl sites for hydroxylation is 2. The van der Waals surface area contributed by atoms with Gasteiger partial charge in [0.15, 0.2) is 0 Å². The van der Waals surface area contributed by atoms with Gasteiger partial charge in [-0.25, -0.2) is 9.97 Å². The molecule has 0 aliphatic carbocycles. The van der Waals surface area contributed by atoms with E-state index in [1.807, 2.05) is 25.1 Å². The van der Waals surface area contributed by atoms with E-state index in [4.69, 9.17) is 0 Å². The zero-order valence-electron chi connectivity index (χ0n) is 11.7. The highest BCUT2D eigenvalue weighted by Crippen LogP contribution is 2.19. The molecule has 0 aliphatic rings. The first-order chi connectivity index (χ1) is 9.72. The average Bonchev–Trinajstić information content (AvgIpc) is 2.85. The Bertz CT molecular complexity index is 733. The van der Waals surface area contributed by atoms with Gasteiger partial charge in [0.05, 0.1) is 10.5 Å². The van der Waals surface area contributed by atoms with Gasteiger partial charge in [-0.05, 0) is 31.5 Å². The highest BCUT2D eigenvalue weighted by molar-refractivity contribution is 7.09. The molecule has 0 saturated heterocycles. The summed E-state index contributed by atoms with van der Waals surface area (Å²) >= 11 is 1.72. The highest BCUT2D eigenvalue weighted by Gasteiger charge is 2.04. The van der Waals surface area contributed by atoms with Gasteiger partial charge in [-0.2, -0.15) is 0 Å². The maximum Gasteiger partial charge on any atom is 0.129 e. The molecule has 2 aromatic heterocycles. The maximum absolute atomic E-state index is 4.68. The molecule has 0 radical (unpaired) electrons. The van der Waals surface area contributed by atoms with E-state index in [-0.39, 0.29) is 0 Å². The van der Waals surface area contributed by atoms with Crippen LogP contribution in [0.25, 0.3) is 10.9 Å². The molecule has 4 heteroatoms. The van der Waals surface area contributed by atoms with Crippen LogP contribution in [0.1, 0.15) is 16.3 Å². The minimum absolute atomic E-state index is 0.860. The summed E-state index contributed by atoms with van der Waals surface area (Å²) in [5.41, 5.74) is 3.31. The first-order valence-electron chi connectivity index (χ1n) is 6.73. The Kier molecular flexibility index (Phi) is 3.65. The molecule has 3 rings (SSSR count). The molecule has 0 spiro atoms. The number of hydrogen-bond acceptors (Lipinski definition) is 4. The SMILES string of the molecule is Cc1csc(CCNc2nc3ccccc3cc2C)n1. The van der Waals surface area contributed by atoms with Gasteiger partial charge in [-0.3, -0.25) is 0 Å². The molecule has 2 heterocycles. The summed E-state index contributed by atoms with van der Waals surface area (Å²) in [6.07, 6.45) is 0.937. The Hall–Kier alpha value is -1.94. The number of fused-ring (bicyclic) bond motifs is 1. The van der Waals surface area contributed by atoms with Crippen LogP contribution >= 0.6 is 11.3 Å². The van der Waals surface area contributed by atoms with Crippen LogP contribution < -0.4 is 5.32 Å². The minimum atomic E-state index is 0.860. The van der Waals surface area contributed by atoms with Crippen LogP contribution in [0.2, 0.25) is 0 Å². The molecular formula is C16H17N3S. The van der Waals surface area contributed by atoms with E-state index in [0.29, 0.717) is 0 Å². The van der Waals surface area contributed by atoms with Crippen LogP contribution in [0.5, 0.6) is 0 Å². The van der Waals surface area contributed by atoms with Crippen molar-refractivity contribution < 1.29 is 0 Å². The van der Waals surface area contributed by atoms with Crippen molar-refractivity contribution in [3.63, 3.8) is 0 Å². The van der Waals surface area contributed by atoms with Crippen molar-refractivity contribution in [2.24, 2.45) is 0 Å². The molecule has 0 saturated carbocycles. The number of aromatic nitrogens is 2. The molecule has 0 amide bonds. The van der Waals surface area contributed by atoms with E-state index >= 15 is 0 Å². The molecule has 102 valence electrons. The number of nitrogens with zero attached hydrogens (tertiary/aromatic N) is 2. The zero-order valence-corrected chi connectivity index (χ0v) is 12.5. The third-order valence-corrected chi connectivity index (χ3v) is 4.24. The smallest absolute Gasteiger partial charge is 0.129 e. The number of pyridine rings is 1. The van der Waals surface area contributed by atoms with Crippen LogP contribution in [0.4, 0.5) is 5.82 Å². The molecule has 0 unspecified atom stereocenters. The number of rotatable bonds is 4. The van der Waals surface area contributed by atoms with Crippen LogP contribution in [-0.4, -0.2) is 16.5 Å². The topological polar surface area (TPSA) is 37.8 Å². The summed E-state index contributed by atoms with van der Waals surface area (Å²) in [6.45, 7) is 4.98. The Morgan fingerprint density at radius 1 is 1.15 bits per heavy atom. The number of hydrogen-bond donors (Lipinski definition) is 1. The molecule has 3 nitrogen and oxygen atoms in total. The van der Waals surface area contributed by atoms with Crippen molar-refractivity contribution in [3.05, 3.63) is 52.0 Å². The fraction of sp³-hybridized carbons (Fsp3) is 0.250. The summed E-state index contributed by atoms with van der Waals surface area (Å²) < 4.78 is 0. The normalized spacial score (nSPS) is 10.9. The van der Waals surface area contributed by atoms with E-state index in [0.717, 1.165) is 30.0 Å². The lowest BCUT2D eigenvalue weighted by Crippen LogP contribution is -2.07. The van der Waals surface area contributed by atoms with Crippen LogP contribution in [0.15, 0.2) is 35.7 Å². The largest absolute Gasteiger partial charge is 0.369 e. The van der Waals surface area contributed by atoms with Crippen molar-refractivity contribution in [1.29, 1.82) is 0 Å². The summed E-state index contributed by atoms with van der Waals surface area (Å²) in [4.78, 5) is 9.16. The second-order valence-corrected chi connectivity index (χ2v) is 5.85. The van der Waals surface area contributed by atoms with Gasteiger partial charge in [0.25, 0.3) is 0 Å².